The van der Waals surface area contributed by atoms with Gasteiger partial charge in [-0.3, -0.25) is 4.79 Å². The molecular weight excluding hydrogens is 502 g/mol. The number of halogens is 2. The van der Waals surface area contributed by atoms with Crippen molar-refractivity contribution in [2.45, 2.75) is 58.7 Å². The van der Waals surface area contributed by atoms with E-state index in [-0.39, 0.29) is 47.9 Å². The number of hydrogen-bond donors (Lipinski definition) is 1. The molecule has 39 heavy (non-hydrogen) atoms. The molecule has 5 nitrogen and oxygen atoms in total. The molecule has 0 aliphatic heterocycles. The van der Waals surface area contributed by atoms with Crippen molar-refractivity contribution in [2.75, 3.05) is 14.2 Å². The zero-order valence-corrected chi connectivity index (χ0v) is 23.1. The Morgan fingerprint density at radius 3 is 2.36 bits per heavy atom. The van der Waals surface area contributed by atoms with Gasteiger partial charge in [0.15, 0.2) is 11.6 Å². The highest BCUT2D eigenvalue weighted by Gasteiger charge is 2.36. The molecule has 7 heteroatoms. The average Bonchev–Trinajstić information content (AvgIpc) is 3.72. The van der Waals surface area contributed by atoms with Crippen LogP contribution in [0.25, 0.3) is 11.1 Å². The van der Waals surface area contributed by atoms with Gasteiger partial charge in [-0.05, 0) is 76.8 Å². The normalized spacial score (nSPS) is 15.1. The molecule has 1 fully saturated rings. The van der Waals surface area contributed by atoms with Crippen LogP contribution < -0.4 is 9.47 Å². The van der Waals surface area contributed by atoms with Crippen molar-refractivity contribution in [3.05, 3.63) is 82.9 Å². The van der Waals surface area contributed by atoms with Gasteiger partial charge in [0, 0.05) is 18.6 Å². The first-order valence-electron chi connectivity index (χ1n) is 13.2. The van der Waals surface area contributed by atoms with Gasteiger partial charge in [-0.15, -0.1) is 0 Å². The fraction of sp³-hybridized carbons (Fsp3) is 0.406. The molecule has 1 saturated carbocycles. The molecule has 0 unspecified atom stereocenters. The third-order valence-electron chi connectivity index (χ3n) is 7.26. The van der Waals surface area contributed by atoms with Crippen LogP contribution in [0, 0.1) is 23.0 Å². The van der Waals surface area contributed by atoms with Gasteiger partial charge in [-0.2, -0.15) is 0 Å². The number of carboxylic acids is 1. The second-order valence-electron chi connectivity index (χ2n) is 11.2. The van der Waals surface area contributed by atoms with E-state index in [1.165, 1.54) is 13.2 Å². The number of benzene rings is 3. The van der Waals surface area contributed by atoms with E-state index < -0.39 is 11.8 Å². The summed E-state index contributed by atoms with van der Waals surface area (Å²) in [6, 6.07) is 15.1. The van der Waals surface area contributed by atoms with Crippen molar-refractivity contribution < 1.29 is 32.9 Å². The topological polar surface area (TPSA) is 65.0 Å². The number of ether oxygens (including phenoxy) is 3. The van der Waals surface area contributed by atoms with E-state index >= 15 is 4.39 Å². The van der Waals surface area contributed by atoms with E-state index in [1.54, 1.807) is 37.4 Å². The fourth-order valence-electron chi connectivity index (χ4n) is 5.25. The molecule has 4 rings (SSSR count). The summed E-state index contributed by atoms with van der Waals surface area (Å²) in [5.41, 5.74) is 2.69. The van der Waals surface area contributed by atoms with Gasteiger partial charge in [0.25, 0.3) is 0 Å². The first-order chi connectivity index (χ1) is 18.5. The lowest BCUT2D eigenvalue weighted by molar-refractivity contribution is -0.137. The van der Waals surface area contributed by atoms with Crippen molar-refractivity contribution in [1.29, 1.82) is 0 Å². The van der Waals surface area contributed by atoms with E-state index in [4.69, 9.17) is 14.2 Å². The zero-order chi connectivity index (χ0) is 28.3. The Kier molecular flexibility index (Phi) is 8.60. The second-order valence-corrected chi connectivity index (χ2v) is 11.2. The molecule has 0 heterocycles. The van der Waals surface area contributed by atoms with Crippen LogP contribution in [0.1, 0.15) is 68.7 Å². The Labute approximate surface area is 228 Å². The summed E-state index contributed by atoms with van der Waals surface area (Å²) >= 11 is 0. The molecule has 208 valence electrons. The second kappa shape index (κ2) is 11.7. The third-order valence-corrected chi connectivity index (χ3v) is 7.26. The Morgan fingerprint density at radius 1 is 1.00 bits per heavy atom. The molecule has 2 atom stereocenters. The van der Waals surface area contributed by atoms with Crippen molar-refractivity contribution in [2.24, 2.45) is 11.3 Å². The summed E-state index contributed by atoms with van der Waals surface area (Å²) in [5.74, 6) is -1.41. The lowest BCUT2D eigenvalue weighted by atomic mass is 9.81. The van der Waals surface area contributed by atoms with Crippen molar-refractivity contribution in [1.82, 2.24) is 0 Å². The van der Waals surface area contributed by atoms with Gasteiger partial charge in [-0.1, -0.05) is 45.0 Å². The minimum Gasteiger partial charge on any atom is -0.497 e. The van der Waals surface area contributed by atoms with Crippen LogP contribution in [0.2, 0.25) is 0 Å². The number of carbonyl (C=O) groups is 1. The average molecular weight is 539 g/mol. The molecule has 0 amide bonds. The van der Waals surface area contributed by atoms with Gasteiger partial charge in [0.2, 0.25) is 0 Å². The summed E-state index contributed by atoms with van der Waals surface area (Å²) in [6.45, 7) is 6.21. The molecule has 0 radical (unpaired) electrons. The van der Waals surface area contributed by atoms with Crippen molar-refractivity contribution in [3.63, 3.8) is 0 Å². The first kappa shape index (κ1) is 28.6. The Balaban J connectivity index is 1.67. The van der Waals surface area contributed by atoms with Gasteiger partial charge >= 0.3 is 5.97 Å². The fourth-order valence-corrected chi connectivity index (χ4v) is 5.25. The van der Waals surface area contributed by atoms with E-state index in [1.807, 2.05) is 39.0 Å². The SMILES string of the molecule is COc1ccc(F)c(-c2ccc(COc3cccc([C@H](CC(=O)O)C4CC4)c3F)cc2[C@H](OC)C(C)(C)C)c1. The molecule has 1 N–H and O–H groups in total. The first-order valence-corrected chi connectivity index (χ1v) is 13.2. The molecule has 3 aromatic carbocycles. The largest absolute Gasteiger partial charge is 0.497 e. The monoisotopic (exact) mass is 538 g/mol. The number of carboxylic acid groups (broad SMARTS) is 1. The predicted molar refractivity (Wildman–Crippen MR) is 146 cm³/mol. The van der Waals surface area contributed by atoms with E-state index in [2.05, 4.69) is 0 Å². The molecule has 0 spiro atoms. The third kappa shape index (κ3) is 6.59. The Morgan fingerprint density at radius 2 is 1.74 bits per heavy atom. The highest BCUT2D eigenvalue weighted by Crippen LogP contribution is 2.46. The summed E-state index contributed by atoms with van der Waals surface area (Å²) in [7, 11) is 3.16. The number of rotatable bonds is 11. The Hall–Kier alpha value is -3.45. The van der Waals surface area contributed by atoms with Crippen molar-refractivity contribution >= 4 is 5.97 Å². The molecule has 0 saturated heterocycles. The lowest BCUT2D eigenvalue weighted by Gasteiger charge is -2.32. The minimum absolute atomic E-state index is 0.0713. The minimum atomic E-state index is -0.941. The van der Waals surface area contributed by atoms with Crippen LogP contribution >= 0.6 is 0 Å². The summed E-state index contributed by atoms with van der Waals surface area (Å²) < 4.78 is 47.6. The van der Waals surface area contributed by atoms with Gasteiger partial charge in [-0.25, -0.2) is 8.78 Å². The van der Waals surface area contributed by atoms with E-state index in [0.29, 0.717) is 22.4 Å². The predicted octanol–water partition coefficient (Wildman–Crippen LogP) is 7.92. The molecular formula is C32H36F2O5. The van der Waals surface area contributed by atoms with Crippen LogP contribution in [0.4, 0.5) is 8.78 Å². The molecule has 3 aromatic rings. The van der Waals surface area contributed by atoms with Crippen LogP contribution in [0.15, 0.2) is 54.6 Å². The molecule has 1 aliphatic rings. The van der Waals surface area contributed by atoms with Gasteiger partial charge in [0.1, 0.15) is 18.2 Å². The van der Waals surface area contributed by atoms with Crippen molar-refractivity contribution in [3.8, 4) is 22.6 Å². The maximum Gasteiger partial charge on any atom is 0.303 e. The molecule has 1 aliphatic carbocycles. The van der Waals surface area contributed by atoms with Crippen LogP contribution in [0.3, 0.4) is 0 Å². The quantitative estimate of drug-likeness (QED) is 0.269. The van der Waals surface area contributed by atoms with Crippen LogP contribution in [0.5, 0.6) is 11.5 Å². The van der Waals surface area contributed by atoms with Gasteiger partial charge in [0.05, 0.1) is 19.6 Å². The number of aliphatic carboxylic acids is 1. The smallest absolute Gasteiger partial charge is 0.303 e. The standard InChI is InChI=1S/C32H36F2O5/c1-32(2,3)31(38-5)26-15-19(9-13-22(26)25-16-21(37-4)12-14-27(25)33)18-39-28-8-6-7-23(30(28)34)24(17-29(35)36)20-10-11-20/h6-9,12-16,20,24,31H,10-11,17-18H2,1-5H3,(H,35,36)/t24-,31+/m1/s1. The summed E-state index contributed by atoms with van der Waals surface area (Å²) in [6.07, 6.45) is 1.33. The van der Waals surface area contributed by atoms with E-state index in [0.717, 1.165) is 24.0 Å². The lowest BCUT2D eigenvalue weighted by Crippen LogP contribution is -2.21. The maximum absolute atomic E-state index is 15.5. The maximum atomic E-state index is 15.5. The van der Waals surface area contributed by atoms with Gasteiger partial charge < -0.3 is 19.3 Å². The molecule has 0 aromatic heterocycles. The number of methoxy groups -OCH3 is 2. The highest BCUT2D eigenvalue weighted by molar-refractivity contribution is 5.71. The van der Waals surface area contributed by atoms with Crippen LogP contribution in [-0.4, -0.2) is 25.3 Å². The zero-order valence-electron chi connectivity index (χ0n) is 23.1. The molecule has 0 bridgehead atoms. The summed E-state index contributed by atoms with van der Waals surface area (Å²) in [4.78, 5) is 11.4. The van der Waals surface area contributed by atoms with E-state index in [9.17, 15) is 14.3 Å². The van der Waals surface area contributed by atoms with Crippen LogP contribution in [-0.2, 0) is 16.1 Å². The Bertz CT molecular complexity index is 1330. The highest BCUT2D eigenvalue weighted by atomic mass is 19.1. The number of hydrogen-bond acceptors (Lipinski definition) is 4. The summed E-state index contributed by atoms with van der Waals surface area (Å²) in [5, 5.41) is 9.34.